The summed E-state index contributed by atoms with van der Waals surface area (Å²) in [4.78, 5) is 15.5. The molecule has 0 unspecified atom stereocenters. The number of nitrogens with zero attached hydrogens (tertiary/aromatic N) is 1. The molecule has 0 aliphatic carbocycles. The van der Waals surface area contributed by atoms with Gasteiger partial charge < -0.3 is 4.74 Å². The smallest absolute Gasteiger partial charge is 0.310 e. The molecule has 0 saturated carbocycles. The number of aryl methyl sites for hydroxylation is 1. The summed E-state index contributed by atoms with van der Waals surface area (Å²) in [6, 6.07) is 1.74. The molecular weight excluding hydrogens is 226 g/mol. The number of hydrogen-bond donors (Lipinski definition) is 0. The monoisotopic (exact) mass is 241 g/mol. The first-order valence-electron chi connectivity index (χ1n) is 5.11. The molecule has 0 bridgehead atoms. The van der Waals surface area contributed by atoms with Gasteiger partial charge in [-0.1, -0.05) is 11.6 Å². The van der Waals surface area contributed by atoms with Crippen LogP contribution in [0.15, 0.2) is 12.3 Å². The van der Waals surface area contributed by atoms with Crippen LogP contribution in [0.2, 0.25) is 5.15 Å². The Bertz CT molecular complexity index is 396. The number of carbonyl (C=O) groups excluding carboxylic acids is 1. The van der Waals surface area contributed by atoms with Crippen LogP contribution in [0.25, 0.3) is 0 Å². The van der Waals surface area contributed by atoms with E-state index >= 15 is 0 Å². The van der Waals surface area contributed by atoms with E-state index in [1.807, 2.05) is 27.7 Å². The van der Waals surface area contributed by atoms with Gasteiger partial charge in [0.2, 0.25) is 0 Å². The molecule has 1 heterocycles. The molecule has 0 saturated heterocycles. The number of hydrogen-bond acceptors (Lipinski definition) is 3. The van der Waals surface area contributed by atoms with Gasteiger partial charge in [-0.3, -0.25) is 4.79 Å². The van der Waals surface area contributed by atoms with E-state index in [-0.39, 0.29) is 12.4 Å². The highest BCUT2D eigenvalue weighted by Crippen LogP contribution is 2.15. The molecule has 1 aromatic rings. The fraction of sp³-hybridized carbons (Fsp3) is 0.500. The molecule has 16 heavy (non-hydrogen) atoms. The highest BCUT2D eigenvalue weighted by molar-refractivity contribution is 6.29. The molecule has 1 rings (SSSR count). The van der Waals surface area contributed by atoms with Gasteiger partial charge in [0.25, 0.3) is 0 Å². The van der Waals surface area contributed by atoms with Crippen LogP contribution in [0.5, 0.6) is 0 Å². The molecule has 0 aromatic carbocycles. The Morgan fingerprint density at radius 3 is 2.62 bits per heavy atom. The van der Waals surface area contributed by atoms with Crippen molar-refractivity contribution in [1.29, 1.82) is 0 Å². The summed E-state index contributed by atoms with van der Waals surface area (Å²) in [5, 5.41) is 0.436. The van der Waals surface area contributed by atoms with E-state index in [9.17, 15) is 4.79 Å². The summed E-state index contributed by atoms with van der Waals surface area (Å²) in [5.74, 6) is -0.250. The lowest BCUT2D eigenvalue weighted by atomic mass is 10.1. The number of halogens is 1. The second-order valence-electron chi connectivity index (χ2n) is 4.70. The van der Waals surface area contributed by atoms with E-state index in [1.165, 1.54) is 0 Å². The van der Waals surface area contributed by atoms with E-state index in [4.69, 9.17) is 16.3 Å². The minimum Gasteiger partial charge on any atom is -0.460 e. The average Bonchev–Trinajstić information content (AvgIpc) is 2.06. The van der Waals surface area contributed by atoms with E-state index in [1.54, 1.807) is 12.3 Å². The lowest BCUT2D eigenvalue weighted by Gasteiger charge is -2.19. The van der Waals surface area contributed by atoms with Gasteiger partial charge in [-0.15, -0.1) is 0 Å². The molecule has 4 heteroatoms. The second kappa shape index (κ2) is 4.83. The van der Waals surface area contributed by atoms with Crippen molar-refractivity contribution < 1.29 is 9.53 Å². The predicted octanol–water partition coefficient (Wildman–Crippen LogP) is 2.93. The third-order valence-electron chi connectivity index (χ3n) is 1.94. The second-order valence-corrected chi connectivity index (χ2v) is 5.08. The Balaban J connectivity index is 2.70. The maximum absolute atomic E-state index is 11.6. The highest BCUT2D eigenvalue weighted by atomic mass is 35.5. The van der Waals surface area contributed by atoms with E-state index in [0.29, 0.717) is 5.15 Å². The van der Waals surface area contributed by atoms with Gasteiger partial charge in [0, 0.05) is 6.20 Å². The van der Waals surface area contributed by atoms with Crippen LogP contribution in [-0.2, 0) is 16.0 Å². The molecule has 1 aromatic heterocycles. The van der Waals surface area contributed by atoms with Crippen LogP contribution in [0.1, 0.15) is 31.9 Å². The molecule has 3 nitrogen and oxygen atoms in total. The largest absolute Gasteiger partial charge is 0.460 e. The van der Waals surface area contributed by atoms with Crippen molar-refractivity contribution in [3.05, 3.63) is 28.5 Å². The highest BCUT2D eigenvalue weighted by Gasteiger charge is 2.17. The number of aromatic nitrogens is 1. The molecule has 88 valence electrons. The summed E-state index contributed by atoms with van der Waals surface area (Å²) in [6.45, 7) is 7.43. The van der Waals surface area contributed by atoms with Crippen molar-refractivity contribution in [2.45, 2.75) is 39.7 Å². The maximum atomic E-state index is 11.6. The lowest BCUT2D eigenvalue weighted by Crippen LogP contribution is -2.25. The molecule has 0 amide bonds. The zero-order valence-corrected chi connectivity index (χ0v) is 10.8. The maximum Gasteiger partial charge on any atom is 0.310 e. The SMILES string of the molecule is Cc1cc(Cl)ncc1CC(=O)OC(C)(C)C. The van der Waals surface area contributed by atoms with Crippen LogP contribution in [-0.4, -0.2) is 16.6 Å². The fourth-order valence-corrected chi connectivity index (χ4v) is 1.48. The predicted molar refractivity (Wildman–Crippen MR) is 63.5 cm³/mol. The van der Waals surface area contributed by atoms with Crippen LogP contribution in [0.3, 0.4) is 0 Å². The number of ether oxygens (including phenoxy) is 1. The number of pyridine rings is 1. The molecule has 0 spiro atoms. The van der Waals surface area contributed by atoms with Gasteiger partial charge in [-0.25, -0.2) is 4.98 Å². The topological polar surface area (TPSA) is 39.2 Å². The quantitative estimate of drug-likeness (QED) is 0.590. The fourth-order valence-electron chi connectivity index (χ4n) is 1.27. The molecule has 0 fully saturated rings. The van der Waals surface area contributed by atoms with Gasteiger partial charge in [-0.05, 0) is 44.9 Å². The Hall–Kier alpha value is -1.09. The van der Waals surface area contributed by atoms with Crippen LogP contribution >= 0.6 is 11.6 Å². The van der Waals surface area contributed by atoms with Gasteiger partial charge >= 0.3 is 5.97 Å². The van der Waals surface area contributed by atoms with Crippen molar-refractivity contribution in [1.82, 2.24) is 4.98 Å². The van der Waals surface area contributed by atoms with Crippen molar-refractivity contribution in [3.8, 4) is 0 Å². The van der Waals surface area contributed by atoms with Gasteiger partial charge in [0.05, 0.1) is 6.42 Å². The van der Waals surface area contributed by atoms with Gasteiger partial charge in [-0.2, -0.15) is 0 Å². The van der Waals surface area contributed by atoms with E-state index in [2.05, 4.69) is 4.98 Å². The molecule has 0 aliphatic heterocycles. The summed E-state index contributed by atoms with van der Waals surface area (Å²) < 4.78 is 5.23. The first kappa shape index (κ1) is 13.0. The van der Waals surface area contributed by atoms with Crippen LogP contribution in [0.4, 0.5) is 0 Å². The zero-order valence-electron chi connectivity index (χ0n) is 10.0. The third-order valence-corrected chi connectivity index (χ3v) is 2.15. The Morgan fingerprint density at radius 2 is 2.12 bits per heavy atom. The molecule has 0 atom stereocenters. The van der Waals surface area contributed by atoms with Crippen molar-refractivity contribution in [2.24, 2.45) is 0 Å². The minimum atomic E-state index is -0.454. The van der Waals surface area contributed by atoms with E-state index < -0.39 is 5.60 Å². The first-order chi connectivity index (χ1) is 7.28. The van der Waals surface area contributed by atoms with Crippen molar-refractivity contribution >= 4 is 17.6 Å². The summed E-state index contributed by atoms with van der Waals surface area (Å²) in [6.07, 6.45) is 1.84. The van der Waals surface area contributed by atoms with Crippen molar-refractivity contribution in [3.63, 3.8) is 0 Å². The van der Waals surface area contributed by atoms with Crippen LogP contribution < -0.4 is 0 Å². The number of carbonyl (C=O) groups is 1. The first-order valence-corrected chi connectivity index (χ1v) is 5.48. The number of esters is 1. The summed E-state index contributed by atoms with van der Waals surface area (Å²) in [5.41, 5.74) is 1.34. The van der Waals surface area contributed by atoms with E-state index in [0.717, 1.165) is 11.1 Å². The van der Waals surface area contributed by atoms with Gasteiger partial charge in [0.1, 0.15) is 10.8 Å². The molecule has 0 N–H and O–H groups in total. The van der Waals surface area contributed by atoms with Crippen LogP contribution in [0, 0.1) is 6.92 Å². The normalized spacial score (nSPS) is 11.3. The summed E-state index contributed by atoms with van der Waals surface area (Å²) in [7, 11) is 0. The average molecular weight is 242 g/mol. The van der Waals surface area contributed by atoms with Crippen molar-refractivity contribution in [2.75, 3.05) is 0 Å². The summed E-state index contributed by atoms with van der Waals surface area (Å²) >= 11 is 5.73. The Kier molecular flexibility index (Phi) is 3.92. The molecule has 0 radical (unpaired) electrons. The van der Waals surface area contributed by atoms with Gasteiger partial charge in [0.15, 0.2) is 0 Å². The third kappa shape index (κ3) is 4.19. The lowest BCUT2D eigenvalue weighted by molar-refractivity contribution is -0.153. The zero-order chi connectivity index (χ0) is 12.3. The molecule has 0 aliphatic rings. The molecular formula is C12H16ClNO2. The standard InChI is InChI=1S/C12H16ClNO2/c1-8-5-10(13)14-7-9(8)6-11(15)16-12(2,3)4/h5,7H,6H2,1-4H3. The minimum absolute atomic E-state index is 0.229. The Labute approximate surface area is 101 Å². The Morgan fingerprint density at radius 1 is 1.50 bits per heavy atom. The number of rotatable bonds is 2.